The highest BCUT2D eigenvalue weighted by molar-refractivity contribution is 5.76. The van der Waals surface area contributed by atoms with Gasteiger partial charge in [-0.3, -0.25) is 9.47 Å². The van der Waals surface area contributed by atoms with Crippen molar-refractivity contribution < 1.29 is 17.6 Å². The van der Waals surface area contributed by atoms with Crippen molar-refractivity contribution in [2.24, 2.45) is 7.05 Å². The standard InChI is InChI=1S/C23H24F3N3O2/c1-16(12-17-6-7-20-21(13-17)31-22(30)27(20)2)15-28-8-10-29(11-9-28)19-5-3-4-18(14-19)23(24,25)26/h3-7,12-14H,8-11,15H2,1-2H3/b16-12+. The first-order chi connectivity index (χ1) is 14.7. The van der Waals surface area contributed by atoms with Crippen LogP contribution in [-0.4, -0.2) is 42.2 Å². The van der Waals surface area contributed by atoms with E-state index in [1.54, 1.807) is 13.1 Å². The number of halogens is 3. The summed E-state index contributed by atoms with van der Waals surface area (Å²) in [4.78, 5) is 15.9. The first-order valence-corrected chi connectivity index (χ1v) is 10.1. The molecule has 1 saturated heterocycles. The van der Waals surface area contributed by atoms with Crippen LogP contribution >= 0.6 is 0 Å². The Labute approximate surface area is 178 Å². The van der Waals surface area contributed by atoms with E-state index in [1.165, 1.54) is 16.7 Å². The van der Waals surface area contributed by atoms with Gasteiger partial charge in [0.05, 0.1) is 11.1 Å². The molecule has 5 nitrogen and oxygen atoms in total. The predicted molar refractivity (Wildman–Crippen MR) is 115 cm³/mol. The number of fused-ring (bicyclic) bond motifs is 1. The minimum Gasteiger partial charge on any atom is -0.408 e. The quantitative estimate of drug-likeness (QED) is 0.615. The fourth-order valence-electron chi connectivity index (χ4n) is 3.97. The number of hydrogen-bond donors (Lipinski definition) is 0. The molecule has 1 aromatic heterocycles. The zero-order valence-electron chi connectivity index (χ0n) is 17.4. The lowest BCUT2D eigenvalue weighted by atomic mass is 10.1. The normalized spacial score (nSPS) is 16.3. The number of benzene rings is 2. The van der Waals surface area contributed by atoms with Gasteiger partial charge in [-0.25, -0.2) is 4.79 Å². The molecule has 4 rings (SSSR count). The fourth-order valence-corrected chi connectivity index (χ4v) is 3.97. The molecular formula is C23H24F3N3O2. The van der Waals surface area contributed by atoms with Gasteiger partial charge in [-0.2, -0.15) is 13.2 Å². The van der Waals surface area contributed by atoms with Crippen LogP contribution in [0.5, 0.6) is 0 Å². The van der Waals surface area contributed by atoms with Gasteiger partial charge in [-0.15, -0.1) is 0 Å². The van der Waals surface area contributed by atoms with Crippen LogP contribution in [0.15, 0.2) is 57.2 Å². The van der Waals surface area contributed by atoms with E-state index < -0.39 is 11.7 Å². The van der Waals surface area contributed by atoms with E-state index in [4.69, 9.17) is 4.42 Å². The Morgan fingerprint density at radius 1 is 1.10 bits per heavy atom. The summed E-state index contributed by atoms with van der Waals surface area (Å²) in [5, 5.41) is 0. The summed E-state index contributed by atoms with van der Waals surface area (Å²) >= 11 is 0. The minimum absolute atomic E-state index is 0.383. The van der Waals surface area contributed by atoms with Crippen molar-refractivity contribution in [3.63, 3.8) is 0 Å². The zero-order valence-corrected chi connectivity index (χ0v) is 17.4. The average Bonchev–Trinajstić information content (AvgIpc) is 3.01. The van der Waals surface area contributed by atoms with E-state index in [1.807, 2.05) is 30.0 Å². The van der Waals surface area contributed by atoms with Crippen LogP contribution in [0.3, 0.4) is 0 Å². The molecule has 2 aromatic carbocycles. The Hall–Kier alpha value is -3.00. The first-order valence-electron chi connectivity index (χ1n) is 10.1. The van der Waals surface area contributed by atoms with E-state index in [2.05, 4.69) is 11.0 Å². The molecule has 164 valence electrons. The lowest BCUT2D eigenvalue weighted by Crippen LogP contribution is -2.46. The third kappa shape index (κ3) is 4.69. The summed E-state index contributed by atoms with van der Waals surface area (Å²) in [6, 6.07) is 11.2. The molecule has 0 radical (unpaired) electrons. The van der Waals surface area contributed by atoms with Gasteiger partial charge in [0.1, 0.15) is 0 Å². The fraction of sp³-hybridized carbons (Fsp3) is 0.348. The molecular weight excluding hydrogens is 407 g/mol. The highest BCUT2D eigenvalue weighted by atomic mass is 19.4. The maximum atomic E-state index is 13.0. The number of piperazine rings is 1. The number of alkyl halides is 3. The van der Waals surface area contributed by atoms with E-state index in [0.717, 1.165) is 42.4 Å². The smallest absolute Gasteiger partial charge is 0.408 e. The van der Waals surface area contributed by atoms with Crippen molar-refractivity contribution in [1.82, 2.24) is 9.47 Å². The van der Waals surface area contributed by atoms with E-state index in [-0.39, 0.29) is 5.76 Å². The number of anilines is 1. The van der Waals surface area contributed by atoms with Gasteiger partial charge in [-0.1, -0.05) is 23.8 Å². The van der Waals surface area contributed by atoms with Gasteiger partial charge >= 0.3 is 11.9 Å². The Balaban J connectivity index is 1.38. The Morgan fingerprint density at radius 2 is 1.84 bits per heavy atom. The Bertz CT molecular complexity index is 1170. The average molecular weight is 431 g/mol. The van der Waals surface area contributed by atoms with E-state index >= 15 is 0 Å². The number of aromatic nitrogens is 1. The molecule has 8 heteroatoms. The maximum absolute atomic E-state index is 13.0. The summed E-state index contributed by atoms with van der Waals surface area (Å²) in [7, 11) is 1.67. The summed E-state index contributed by atoms with van der Waals surface area (Å²) in [6.45, 7) is 5.71. The molecule has 1 fully saturated rings. The van der Waals surface area contributed by atoms with Gasteiger partial charge in [-0.05, 0) is 42.8 Å². The highest BCUT2D eigenvalue weighted by Crippen LogP contribution is 2.32. The Kier molecular flexibility index (Phi) is 5.66. The second-order valence-electron chi connectivity index (χ2n) is 7.96. The molecule has 0 N–H and O–H groups in total. The van der Waals surface area contributed by atoms with E-state index in [9.17, 15) is 18.0 Å². The van der Waals surface area contributed by atoms with Gasteiger partial charge in [0, 0.05) is 45.5 Å². The summed E-state index contributed by atoms with van der Waals surface area (Å²) in [5.74, 6) is -0.383. The van der Waals surface area contributed by atoms with Crippen molar-refractivity contribution in [3.8, 4) is 0 Å². The third-order valence-electron chi connectivity index (χ3n) is 5.61. The number of oxazole rings is 1. The summed E-state index contributed by atoms with van der Waals surface area (Å²) < 4.78 is 45.6. The number of nitrogens with zero attached hydrogens (tertiary/aromatic N) is 3. The molecule has 0 atom stereocenters. The predicted octanol–water partition coefficient (Wildman–Crippen LogP) is 4.38. The summed E-state index contributed by atoms with van der Waals surface area (Å²) in [6.07, 6.45) is -2.27. The van der Waals surface area contributed by atoms with Crippen LogP contribution in [-0.2, 0) is 13.2 Å². The molecule has 0 aliphatic carbocycles. The molecule has 0 amide bonds. The third-order valence-corrected chi connectivity index (χ3v) is 5.61. The van der Waals surface area contributed by atoms with Gasteiger partial charge in [0.2, 0.25) is 0 Å². The topological polar surface area (TPSA) is 41.6 Å². The highest BCUT2D eigenvalue weighted by Gasteiger charge is 2.31. The molecule has 0 bridgehead atoms. The molecule has 1 aliphatic heterocycles. The van der Waals surface area contributed by atoms with Crippen LogP contribution in [0.4, 0.5) is 18.9 Å². The van der Waals surface area contributed by atoms with Crippen LogP contribution < -0.4 is 10.7 Å². The zero-order chi connectivity index (χ0) is 22.2. The number of rotatable bonds is 4. The molecule has 31 heavy (non-hydrogen) atoms. The lowest BCUT2D eigenvalue weighted by Gasteiger charge is -2.36. The van der Waals surface area contributed by atoms with Crippen LogP contribution in [0.25, 0.3) is 17.2 Å². The molecule has 0 unspecified atom stereocenters. The van der Waals surface area contributed by atoms with Crippen molar-refractivity contribution in [2.45, 2.75) is 13.1 Å². The van der Waals surface area contributed by atoms with Gasteiger partial charge in [0.15, 0.2) is 5.58 Å². The number of hydrogen-bond acceptors (Lipinski definition) is 4. The van der Waals surface area contributed by atoms with Crippen molar-refractivity contribution in [3.05, 3.63) is 69.7 Å². The first kappa shape index (κ1) is 21.2. The van der Waals surface area contributed by atoms with Gasteiger partial charge < -0.3 is 9.32 Å². The lowest BCUT2D eigenvalue weighted by molar-refractivity contribution is -0.137. The minimum atomic E-state index is -4.33. The molecule has 3 aromatic rings. The second kappa shape index (κ2) is 8.26. The molecule has 0 spiro atoms. The monoisotopic (exact) mass is 431 g/mol. The van der Waals surface area contributed by atoms with Crippen molar-refractivity contribution in [2.75, 3.05) is 37.6 Å². The van der Waals surface area contributed by atoms with Crippen molar-refractivity contribution in [1.29, 1.82) is 0 Å². The van der Waals surface area contributed by atoms with E-state index in [0.29, 0.717) is 24.4 Å². The van der Waals surface area contributed by atoms with Gasteiger partial charge in [0.25, 0.3) is 0 Å². The SMILES string of the molecule is C/C(=C\c1ccc2c(c1)oc(=O)n2C)CN1CCN(c2cccc(C(F)(F)F)c2)CC1. The molecule has 1 aliphatic rings. The Morgan fingerprint density at radius 3 is 2.55 bits per heavy atom. The molecule has 0 saturated carbocycles. The van der Waals surface area contributed by atoms with Crippen LogP contribution in [0.2, 0.25) is 0 Å². The largest absolute Gasteiger partial charge is 0.419 e. The number of aryl methyl sites for hydroxylation is 1. The maximum Gasteiger partial charge on any atom is 0.419 e. The van der Waals surface area contributed by atoms with Crippen LogP contribution in [0.1, 0.15) is 18.1 Å². The summed E-state index contributed by atoms with van der Waals surface area (Å²) in [5.41, 5.74) is 3.43. The van der Waals surface area contributed by atoms with Crippen LogP contribution in [0, 0.1) is 0 Å². The molecule has 2 heterocycles. The van der Waals surface area contributed by atoms with Crippen molar-refractivity contribution >= 4 is 22.9 Å². The second-order valence-corrected chi connectivity index (χ2v) is 7.96.